The summed E-state index contributed by atoms with van der Waals surface area (Å²) in [6.45, 7) is -0.147. The molecular formula is C17H10F7NO2. The summed E-state index contributed by atoms with van der Waals surface area (Å²) in [7, 11) is 0. The first kappa shape index (κ1) is 18.9. The predicted molar refractivity (Wildman–Crippen MR) is 80.8 cm³/mol. The Balaban J connectivity index is 1.95. The summed E-state index contributed by atoms with van der Waals surface area (Å²) in [6, 6.07) is 5.72. The second-order valence-electron chi connectivity index (χ2n) is 5.69. The minimum absolute atomic E-state index is 0.147. The van der Waals surface area contributed by atoms with E-state index in [2.05, 4.69) is 4.74 Å². The van der Waals surface area contributed by atoms with E-state index < -0.39 is 40.9 Å². The van der Waals surface area contributed by atoms with Crippen LogP contribution in [-0.4, -0.2) is 16.0 Å². The van der Waals surface area contributed by atoms with E-state index in [1.165, 1.54) is 12.1 Å². The number of nitrogens with zero attached hydrogens (tertiary/aromatic N) is 1. The highest BCUT2D eigenvalue weighted by molar-refractivity contribution is 5.91. The van der Waals surface area contributed by atoms with Gasteiger partial charge in [-0.15, -0.1) is 13.2 Å². The second kappa shape index (κ2) is 6.36. The molecule has 0 saturated carbocycles. The lowest BCUT2D eigenvalue weighted by molar-refractivity contribution is -0.274. The molecule has 144 valence electrons. The molecule has 1 aromatic heterocycles. The number of hydrogen-bond donors (Lipinski definition) is 1. The lowest BCUT2D eigenvalue weighted by Gasteiger charge is -2.10. The van der Waals surface area contributed by atoms with Crippen molar-refractivity contribution in [3.05, 3.63) is 59.5 Å². The Bertz CT molecular complexity index is 972. The van der Waals surface area contributed by atoms with Crippen LogP contribution in [0.3, 0.4) is 0 Å². The summed E-state index contributed by atoms with van der Waals surface area (Å²) in [5.74, 6) is -2.30. The van der Waals surface area contributed by atoms with Gasteiger partial charge in [0.2, 0.25) is 0 Å². The van der Waals surface area contributed by atoms with Gasteiger partial charge in [-0.25, -0.2) is 4.39 Å². The number of aromatic hydroxyl groups is 1. The summed E-state index contributed by atoms with van der Waals surface area (Å²) in [4.78, 5) is 0. The Morgan fingerprint density at radius 3 is 2.15 bits per heavy atom. The van der Waals surface area contributed by atoms with Crippen molar-refractivity contribution in [2.75, 3.05) is 0 Å². The van der Waals surface area contributed by atoms with E-state index in [0.29, 0.717) is 5.56 Å². The Hall–Kier alpha value is -2.91. The Morgan fingerprint density at radius 2 is 1.59 bits per heavy atom. The van der Waals surface area contributed by atoms with E-state index >= 15 is 0 Å². The van der Waals surface area contributed by atoms with Crippen LogP contribution in [-0.2, 0) is 12.7 Å². The van der Waals surface area contributed by atoms with Crippen LogP contribution in [0, 0.1) is 5.82 Å². The molecule has 0 saturated heterocycles. The number of rotatable bonds is 3. The van der Waals surface area contributed by atoms with Crippen molar-refractivity contribution in [1.29, 1.82) is 0 Å². The van der Waals surface area contributed by atoms with Crippen LogP contribution in [0.25, 0.3) is 10.8 Å². The smallest absolute Gasteiger partial charge is 0.494 e. The first-order chi connectivity index (χ1) is 12.4. The summed E-state index contributed by atoms with van der Waals surface area (Å²) in [5.41, 5.74) is -0.933. The van der Waals surface area contributed by atoms with E-state index in [1.54, 1.807) is 0 Å². The van der Waals surface area contributed by atoms with Gasteiger partial charge < -0.3 is 14.4 Å². The molecule has 27 heavy (non-hydrogen) atoms. The summed E-state index contributed by atoms with van der Waals surface area (Å²) in [5, 5.41) is 9.45. The first-order valence-electron chi connectivity index (χ1n) is 7.37. The van der Waals surface area contributed by atoms with Gasteiger partial charge in [0.25, 0.3) is 0 Å². The Labute approximate surface area is 147 Å². The average molecular weight is 393 g/mol. The van der Waals surface area contributed by atoms with Crippen molar-refractivity contribution in [3.8, 4) is 11.6 Å². The van der Waals surface area contributed by atoms with Gasteiger partial charge >= 0.3 is 12.5 Å². The number of hydrogen-bond acceptors (Lipinski definition) is 2. The quantitative estimate of drug-likeness (QED) is 0.601. The molecule has 1 heterocycles. The molecule has 3 nitrogen and oxygen atoms in total. The number of fused-ring (bicyclic) bond motifs is 1. The molecule has 0 unspecified atom stereocenters. The molecule has 1 N–H and O–H groups in total. The standard InChI is InChI=1S/C17H10F7NO2/c18-11-5-10-8-25(15(26)14(10)13(6-11)16(19,20)21)7-9-1-3-12(4-2-9)27-17(22,23)24/h1-6,8,26H,7H2. The molecule has 3 aromatic rings. The number of ether oxygens (including phenoxy) is 1. The Morgan fingerprint density at radius 1 is 0.963 bits per heavy atom. The molecule has 3 rings (SSSR count). The number of benzene rings is 2. The molecule has 2 aromatic carbocycles. The molecule has 0 atom stereocenters. The van der Waals surface area contributed by atoms with Crippen molar-refractivity contribution in [2.24, 2.45) is 0 Å². The van der Waals surface area contributed by atoms with Gasteiger partial charge in [0.1, 0.15) is 11.6 Å². The topological polar surface area (TPSA) is 34.4 Å². The van der Waals surface area contributed by atoms with Crippen LogP contribution < -0.4 is 4.74 Å². The molecule has 0 amide bonds. The van der Waals surface area contributed by atoms with E-state index in [0.717, 1.165) is 29.0 Å². The second-order valence-corrected chi connectivity index (χ2v) is 5.69. The van der Waals surface area contributed by atoms with Gasteiger partial charge in [-0.05, 0) is 29.8 Å². The van der Waals surface area contributed by atoms with E-state index in [4.69, 9.17) is 0 Å². The molecule has 0 aliphatic carbocycles. The van der Waals surface area contributed by atoms with Crippen LogP contribution >= 0.6 is 0 Å². The van der Waals surface area contributed by atoms with Crippen LogP contribution in [0.4, 0.5) is 30.7 Å². The molecule has 0 fully saturated rings. The molecular weight excluding hydrogens is 383 g/mol. The van der Waals surface area contributed by atoms with Crippen molar-refractivity contribution in [3.63, 3.8) is 0 Å². The molecule has 0 bridgehead atoms. The normalized spacial score (nSPS) is 12.6. The average Bonchev–Trinajstić information content (AvgIpc) is 2.82. The van der Waals surface area contributed by atoms with Crippen LogP contribution in [0.2, 0.25) is 0 Å². The van der Waals surface area contributed by atoms with Crippen LogP contribution in [0.1, 0.15) is 11.1 Å². The summed E-state index contributed by atoms with van der Waals surface area (Å²) < 4.78 is 94.0. The summed E-state index contributed by atoms with van der Waals surface area (Å²) in [6.07, 6.45) is -8.60. The van der Waals surface area contributed by atoms with Crippen LogP contribution in [0.15, 0.2) is 42.6 Å². The molecule has 0 aliphatic heterocycles. The predicted octanol–water partition coefficient (Wildman–Crippen LogP) is 5.45. The number of halogens is 7. The van der Waals surface area contributed by atoms with Gasteiger partial charge in [-0.3, -0.25) is 0 Å². The first-order valence-corrected chi connectivity index (χ1v) is 7.37. The highest BCUT2D eigenvalue weighted by atomic mass is 19.4. The van der Waals surface area contributed by atoms with E-state index in [9.17, 15) is 35.8 Å². The maximum absolute atomic E-state index is 13.5. The fourth-order valence-electron chi connectivity index (χ4n) is 2.69. The van der Waals surface area contributed by atoms with Crippen molar-refractivity contribution in [2.45, 2.75) is 19.1 Å². The molecule has 0 aliphatic rings. The van der Waals surface area contributed by atoms with Crippen molar-refractivity contribution < 1.29 is 40.6 Å². The van der Waals surface area contributed by atoms with Crippen LogP contribution in [0.5, 0.6) is 11.6 Å². The van der Waals surface area contributed by atoms with E-state index in [1.807, 2.05) is 0 Å². The zero-order chi connectivity index (χ0) is 20.0. The fourth-order valence-corrected chi connectivity index (χ4v) is 2.69. The fraction of sp³-hybridized carbons (Fsp3) is 0.176. The SMILES string of the molecule is Oc1c2c(C(F)(F)F)cc(F)cc2cn1Cc1ccc(OC(F)(F)F)cc1. The summed E-state index contributed by atoms with van der Waals surface area (Å²) >= 11 is 0. The maximum atomic E-state index is 13.5. The van der Waals surface area contributed by atoms with E-state index in [-0.39, 0.29) is 18.0 Å². The third kappa shape index (κ3) is 4.09. The molecule has 10 heteroatoms. The minimum atomic E-state index is -4.87. The van der Waals surface area contributed by atoms with Gasteiger partial charge in [0.05, 0.1) is 17.5 Å². The Kier molecular flexibility index (Phi) is 4.44. The maximum Gasteiger partial charge on any atom is 0.573 e. The van der Waals surface area contributed by atoms with Crippen molar-refractivity contribution >= 4 is 10.8 Å². The highest BCUT2D eigenvalue weighted by Gasteiger charge is 2.35. The van der Waals surface area contributed by atoms with Crippen molar-refractivity contribution in [1.82, 2.24) is 4.57 Å². The highest BCUT2D eigenvalue weighted by Crippen LogP contribution is 2.40. The van der Waals surface area contributed by atoms with Gasteiger partial charge in [0.15, 0.2) is 5.88 Å². The van der Waals surface area contributed by atoms with Gasteiger partial charge in [-0.2, -0.15) is 13.2 Å². The third-order valence-electron chi connectivity index (χ3n) is 3.74. The number of alkyl halides is 6. The zero-order valence-corrected chi connectivity index (χ0v) is 13.2. The molecule has 0 spiro atoms. The lowest BCUT2D eigenvalue weighted by Crippen LogP contribution is -2.17. The largest absolute Gasteiger partial charge is 0.573 e. The number of aromatic nitrogens is 1. The van der Waals surface area contributed by atoms with Gasteiger partial charge in [0, 0.05) is 11.6 Å². The minimum Gasteiger partial charge on any atom is -0.494 e. The lowest BCUT2D eigenvalue weighted by atomic mass is 10.1. The zero-order valence-electron chi connectivity index (χ0n) is 13.2. The third-order valence-corrected chi connectivity index (χ3v) is 3.74. The molecule has 0 radical (unpaired) electrons. The monoisotopic (exact) mass is 393 g/mol. The van der Waals surface area contributed by atoms with Gasteiger partial charge in [-0.1, -0.05) is 12.1 Å².